The van der Waals surface area contributed by atoms with Crippen molar-refractivity contribution in [2.24, 2.45) is 0 Å². The molecule has 0 aliphatic heterocycles. The Morgan fingerprint density at radius 2 is 2.00 bits per heavy atom. The molecule has 7 heteroatoms. The van der Waals surface area contributed by atoms with Crippen LogP contribution in [-0.2, 0) is 0 Å². The molecule has 26 heavy (non-hydrogen) atoms. The number of carbonyl (C=O) groups is 1. The van der Waals surface area contributed by atoms with Gasteiger partial charge in [0.1, 0.15) is 11.4 Å². The Kier molecular flexibility index (Phi) is 4.97. The molecule has 1 aromatic carbocycles. The molecule has 1 atom stereocenters. The number of nitrogens with zero attached hydrogens (tertiary/aromatic N) is 3. The first kappa shape index (κ1) is 17.6. The van der Waals surface area contributed by atoms with Crippen molar-refractivity contribution in [3.63, 3.8) is 0 Å². The molecule has 0 fully saturated rings. The fourth-order valence-electron chi connectivity index (χ4n) is 2.77. The minimum absolute atomic E-state index is 0.274. The van der Waals surface area contributed by atoms with Crippen LogP contribution in [0.5, 0.6) is 5.88 Å². The van der Waals surface area contributed by atoms with Crippen LogP contribution in [0.1, 0.15) is 34.6 Å². The van der Waals surface area contributed by atoms with Gasteiger partial charge in [-0.2, -0.15) is 5.10 Å². The van der Waals surface area contributed by atoms with Gasteiger partial charge in [0.05, 0.1) is 25.0 Å². The zero-order valence-electron chi connectivity index (χ0n) is 14.7. The first-order valence-electron chi connectivity index (χ1n) is 8.11. The monoisotopic (exact) mass is 354 g/mol. The third-order valence-corrected chi connectivity index (χ3v) is 4.14. The van der Waals surface area contributed by atoms with E-state index in [-0.39, 0.29) is 23.6 Å². The molecule has 0 bridgehead atoms. The van der Waals surface area contributed by atoms with E-state index in [1.807, 2.05) is 13.8 Å². The second-order valence-electron chi connectivity index (χ2n) is 5.83. The maximum Gasteiger partial charge on any atom is 0.257 e. The van der Waals surface area contributed by atoms with Crippen LogP contribution in [0, 0.1) is 12.7 Å². The SMILES string of the molecule is COc1ncccc1C(=O)NC(C)c1cnn(-c2ccc(F)cc2)c1C. The Labute approximate surface area is 150 Å². The number of methoxy groups -OCH3 is 1. The normalized spacial score (nSPS) is 11.8. The van der Waals surface area contributed by atoms with Crippen LogP contribution in [0.3, 0.4) is 0 Å². The lowest BCUT2D eigenvalue weighted by molar-refractivity contribution is 0.0936. The minimum Gasteiger partial charge on any atom is -0.480 e. The second-order valence-corrected chi connectivity index (χ2v) is 5.83. The fourth-order valence-corrected chi connectivity index (χ4v) is 2.77. The van der Waals surface area contributed by atoms with Gasteiger partial charge in [-0.1, -0.05) is 0 Å². The summed E-state index contributed by atoms with van der Waals surface area (Å²) in [6.45, 7) is 3.78. The van der Waals surface area contributed by atoms with Gasteiger partial charge in [0, 0.05) is 17.5 Å². The molecular weight excluding hydrogens is 335 g/mol. The van der Waals surface area contributed by atoms with E-state index in [0.717, 1.165) is 16.9 Å². The fraction of sp³-hybridized carbons (Fsp3) is 0.211. The van der Waals surface area contributed by atoms with Crippen molar-refractivity contribution in [3.8, 4) is 11.6 Å². The molecule has 0 radical (unpaired) electrons. The molecule has 1 unspecified atom stereocenters. The van der Waals surface area contributed by atoms with Gasteiger partial charge in [-0.25, -0.2) is 14.1 Å². The van der Waals surface area contributed by atoms with Crippen LogP contribution in [0.25, 0.3) is 5.69 Å². The molecule has 1 N–H and O–H groups in total. The van der Waals surface area contributed by atoms with E-state index in [2.05, 4.69) is 15.4 Å². The number of benzene rings is 1. The molecular formula is C19H19FN4O2. The van der Waals surface area contributed by atoms with Gasteiger partial charge in [0.15, 0.2) is 0 Å². The third kappa shape index (κ3) is 3.42. The van der Waals surface area contributed by atoms with Gasteiger partial charge >= 0.3 is 0 Å². The number of ether oxygens (including phenoxy) is 1. The third-order valence-electron chi connectivity index (χ3n) is 4.14. The van der Waals surface area contributed by atoms with Gasteiger partial charge in [0.2, 0.25) is 5.88 Å². The molecule has 2 heterocycles. The van der Waals surface area contributed by atoms with E-state index >= 15 is 0 Å². The van der Waals surface area contributed by atoms with Crippen molar-refractivity contribution >= 4 is 5.91 Å². The zero-order valence-corrected chi connectivity index (χ0v) is 14.7. The Morgan fingerprint density at radius 3 is 2.69 bits per heavy atom. The van der Waals surface area contributed by atoms with Crippen molar-refractivity contribution in [1.82, 2.24) is 20.1 Å². The Hall–Kier alpha value is -3.22. The minimum atomic E-state index is -0.301. The van der Waals surface area contributed by atoms with Gasteiger partial charge in [-0.3, -0.25) is 4.79 Å². The van der Waals surface area contributed by atoms with Crippen molar-refractivity contribution in [3.05, 3.63) is 71.4 Å². The Morgan fingerprint density at radius 1 is 1.27 bits per heavy atom. The van der Waals surface area contributed by atoms with Crippen molar-refractivity contribution in [2.75, 3.05) is 7.11 Å². The van der Waals surface area contributed by atoms with E-state index in [4.69, 9.17) is 4.74 Å². The summed E-state index contributed by atoms with van der Waals surface area (Å²) < 4.78 is 20.0. The summed E-state index contributed by atoms with van der Waals surface area (Å²) >= 11 is 0. The number of amides is 1. The van der Waals surface area contributed by atoms with Crippen molar-refractivity contribution < 1.29 is 13.9 Å². The lowest BCUT2D eigenvalue weighted by atomic mass is 10.1. The van der Waals surface area contributed by atoms with E-state index in [1.54, 1.807) is 41.3 Å². The smallest absolute Gasteiger partial charge is 0.257 e. The lowest BCUT2D eigenvalue weighted by Gasteiger charge is -2.15. The number of hydrogen-bond donors (Lipinski definition) is 1. The van der Waals surface area contributed by atoms with Crippen LogP contribution in [0.4, 0.5) is 4.39 Å². The number of rotatable bonds is 5. The molecule has 0 aliphatic carbocycles. The Bertz CT molecular complexity index is 922. The molecule has 3 aromatic rings. The molecule has 3 rings (SSSR count). The second kappa shape index (κ2) is 7.35. The maximum atomic E-state index is 13.1. The molecule has 0 aliphatic rings. The maximum absolute atomic E-state index is 13.1. The van der Waals surface area contributed by atoms with Crippen LogP contribution >= 0.6 is 0 Å². The van der Waals surface area contributed by atoms with Gasteiger partial charge in [0.25, 0.3) is 5.91 Å². The van der Waals surface area contributed by atoms with Crippen molar-refractivity contribution in [1.29, 1.82) is 0 Å². The zero-order chi connectivity index (χ0) is 18.7. The quantitative estimate of drug-likeness (QED) is 0.764. The van der Waals surface area contributed by atoms with E-state index in [0.29, 0.717) is 5.56 Å². The predicted molar refractivity (Wildman–Crippen MR) is 94.9 cm³/mol. The average molecular weight is 354 g/mol. The molecule has 0 saturated carbocycles. The lowest BCUT2D eigenvalue weighted by Crippen LogP contribution is -2.27. The summed E-state index contributed by atoms with van der Waals surface area (Å²) in [6, 6.07) is 9.14. The highest BCUT2D eigenvalue weighted by molar-refractivity contribution is 5.96. The largest absolute Gasteiger partial charge is 0.480 e. The molecule has 0 saturated heterocycles. The topological polar surface area (TPSA) is 69.0 Å². The van der Waals surface area contributed by atoms with Gasteiger partial charge < -0.3 is 10.1 Å². The predicted octanol–water partition coefficient (Wildman–Crippen LogP) is 3.21. The summed E-state index contributed by atoms with van der Waals surface area (Å²) in [5.41, 5.74) is 2.85. The summed E-state index contributed by atoms with van der Waals surface area (Å²) in [5.74, 6) is -0.308. The highest BCUT2D eigenvalue weighted by Gasteiger charge is 2.19. The van der Waals surface area contributed by atoms with Crippen LogP contribution in [-0.4, -0.2) is 27.8 Å². The summed E-state index contributed by atoms with van der Waals surface area (Å²) in [6.07, 6.45) is 3.26. The number of pyridine rings is 1. The number of halogens is 1. The molecule has 1 amide bonds. The Balaban J connectivity index is 1.81. The summed E-state index contributed by atoms with van der Waals surface area (Å²) in [4.78, 5) is 16.6. The molecule has 0 spiro atoms. The number of carbonyl (C=O) groups excluding carboxylic acids is 1. The molecule has 6 nitrogen and oxygen atoms in total. The number of nitrogens with one attached hydrogen (secondary N) is 1. The first-order chi connectivity index (χ1) is 12.5. The first-order valence-corrected chi connectivity index (χ1v) is 8.11. The van der Waals surface area contributed by atoms with Crippen LogP contribution in [0.2, 0.25) is 0 Å². The van der Waals surface area contributed by atoms with Crippen LogP contribution < -0.4 is 10.1 Å². The molecule has 134 valence electrons. The summed E-state index contributed by atoms with van der Waals surface area (Å²) in [5, 5.41) is 7.29. The van der Waals surface area contributed by atoms with E-state index in [1.165, 1.54) is 19.2 Å². The highest BCUT2D eigenvalue weighted by atomic mass is 19.1. The number of hydrogen-bond acceptors (Lipinski definition) is 4. The highest BCUT2D eigenvalue weighted by Crippen LogP contribution is 2.22. The summed E-state index contributed by atoms with van der Waals surface area (Å²) in [7, 11) is 1.47. The average Bonchev–Trinajstić information content (AvgIpc) is 3.03. The van der Waals surface area contributed by atoms with E-state index < -0.39 is 0 Å². The standard InChI is InChI=1S/C19H19FN4O2/c1-12(23-18(25)16-5-4-10-21-19(16)26-3)17-11-22-24(13(17)2)15-8-6-14(20)7-9-15/h4-12H,1-3H3,(H,23,25). The van der Waals surface area contributed by atoms with Gasteiger partial charge in [-0.15, -0.1) is 0 Å². The molecule has 2 aromatic heterocycles. The van der Waals surface area contributed by atoms with Crippen molar-refractivity contribution in [2.45, 2.75) is 19.9 Å². The number of aromatic nitrogens is 3. The van der Waals surface area contributed by atoms with Gasteiger partial charge in [-0.05, 0) is 50.2 Å². The van der Waals surface area contributed by atoms with Crippen LogP contribution in [0.15, 0.2) is 48.8 Å². The van der Waals surface area contributed by atoms with E-state index in [9.17, 15) is 9.18 Å².